The summed E-state index contributed by atoms with van der Waals surface area (Å²) in [5, 5.41) is 0. The van der Waals surface area contributed by atoms with Gasteiger partial charge < -0.3 is 10.3 Å². The lowest BCUT2D eigenvalue weighted by Gasteiger charge is -2.12. The number of aromatic nitrogens is 1. The van der Waals surface area contributed by atoms with Gasteiger partial charge in [-0.15, -0.1) is 0 Å². The van der Waals surface area contributed by atoms with Crippen LogP contribution in [0.1, 0.15) is 28.8 Å². The Hall–Kier alpha value is -1.94. The third-order valence-corrected chi connectivity index (χ3v) is 4.04. The molecular formula is C16H16N2OS. The van der Waals surface area contributed by atoms with Crippen LogP contribution in [0.15, 0.2) is 41.2 Å². The largest absolute Gasteiger partial charge is 0.389 e. The SMILES string of the molecule is NC(=S)c1cccc(Cn2c3c(ccc2=O)CCC3)c1. The molecule has 3 rings (SSSR count). The van der Waals surface area contributed by atoms with Crippen LogP contribution in [0.3, 0.4) is 0 Å². The van der Waals surface area contributed by atoms with Gasteiger partial charge in [-0.2, -0.15) is 0 Å². The zero-order valence-electron chi connectivity index (χ0n) is 11.1. The summed E-state index contributed by atoms with van der Waals surface area (Å²) in [4.78, 5) is 12.5. The molecule has 0 atom stereocenters. The molecule has 0 saturated heterocycles. The average molecular weight is 284 g/mol. The maximum absolute atomic E-state index is 12.1. The summed E-state index contributed by atoms with van der Waals surface area (Å²) in [5.74, 6) is 0. The van der Waals surface area contributed by atoms with Crippen LogP contribution in [0.25, 0.3) is 0 Å². The number of nitrogens with two attached hydrogens (primary N) is 1. The van der Waals surface area contributed by atoms with Crippen LogP contribution >= 0.6 is 12.2 Å². The highest BCUT2D eigenvalue weighted by Crippen LogP contribution is 2.20. The van der Waals surface area contributed by atoms with Crippen molar-refractivity contribution in [1.82, 2.24) is 4.57 Å². The Kier molecular flexibility index (Phi) is 3.40. The maximum atomic E-state index is 12.1. The van der Waals surface area contributed by atoms with Crippen molar-refractivity contribution in [3.05, 3.63) is 69.1 Å². The zero-order chi connectivity index (χ0) is 14.1. The van der Waals surface area contributed by atoms with Crippen LogP contribution in [-0.4, -0.2) is 9.56 Å². The van der Waals surface area contributed by atoms with Crippen LogP contribution in [0.5, 0.6) is 0 Å². The minimum absolute atomic E-state index is 0.0615. The summed E-state index contributed by atoms with van der Waals surface area (Å²) in [5.41, 5.74) is 10.1. The van der Waals surface area contributed by atoms with E-state index in [0.717, 1.165) is 30.4 Å². The van der Waals surface area contributed by atoms with Gasteiger partial charge in [0, 0.05) is 17.3 Å². The van der Waals surface area contributed by atoms with Crippen LogP contribution in [0.4, 0.5) is 0 Å². The Bertz CT molecular complexity index is 733. The molecule has 1 aliphatic carbocycles. The molecule has 1 aromatic carbocycles. The van der Waals surface area contributed by atoms with Crippen molar-refractivity contribution in [2.75, 3.05) is 0 Å². The van der Waals surface area contributed by atoms with E-state index in [1.165, 1.54) is 11.3 Å². The van der Waals surface area contributed by atoms with Gasteiger partial charge in [0.1, 0.15) is 4.99 Å². The first-order valence-corrected chi connectivity index (χ1v) is 7.16. The van der Waals surface area contributed by atoms with Crippen LogP contribution in [-0.2, 0) is 19.4 Å². The number of pyridine rings is 1. The number of fused-ring (bicyclic) bond motifs is 1. The molecule has 2 aromatic rings. The van der Waals surface area contributed by atoms with Gasteiger partial charge in [-0.25, -0.2) is 0 Å². The molecule has 0 saturated carbocycles. The summed E-state index contributed by atoms with van der Waals surface area (Å²) in [6, 6.07) is 11.4. The molecule has 0 spiro atoms. The standard InChI is InChI=1S/C16H16N2OS/c17-16(20)13-5-1-3-11(9-13)10-18-14-6-2-4-12(14)7-8-15(18)19/h1,3,5,7-9H,2,4,6,10H2,(H2,17,20). The number of thiocarbonyl (C=S) groups is 1. The maximum Gasteiger partial charge on any atom is 0.251 e. The summed E-state index contributed by atoms with van der Waals surface area (Å²) >= 11 is 5.00. The molecule has 0 unspecified atom stereocenters. The van der Waals surface area contributed by atoms with Gasteiger partial charge in [0.05, 0.1) is 6.54 Å². The number of rotatable bonds is 3. The van der Waals surface area contributed by atoms with E-state index in [4.69, 9.17) is 18.0 Å². The van der Waals surface area contributed by atoms with Crippen LogP contribution < -0.4 is 11.3 Å². The third-order valence-electron chi connectivity index (χ3n) is 3.80. The molecule has 102 valence electrons. The van der Waals surface area contributed by atoms with Gasteiger partial charge in [0.25, 0.3) is 5.56 Å². The fourth-order valence-corrected chi connectivity index (χ4v) is 2.94. The molecule has 2 N–H and O–H groups in total. The lowest BCUT2D eigenvalue weighted by molar-refractivity contribution is 0.707. The molecule has 0 fully saturated rings. The van der Waals surface area contributed by atoms with E-state index in [1.54, 1.807) is 6.07 Å². The molecule has 0 radical (unpaired) electrons. The lowest BCUT2D eigenvalue weighted by atomic mass is 10.1. The molecule has 0 amide bonds. The molecule has 20 heavy (non-hydrogen) atoms. The molecule has 1 aromatic heterocycles. The first kappa shape index (κ1) is 13.1. The number of benzene rings is 1. The predicted molar refractivity (Wildman–Crippen MR) is 84.2 cm³/mol. The van der Waals surface area contributed by atoms with Gasteiger partial charge in [0.15, 0.2) is 0 Å². The molecule has 4 heteroatoms. The monoisotopic (exact) mass is 284 g/mol. The predicted octanol–water partition coefficient (Wildman–Crippen LogP) is 2.02. The smallest absolute Gasteiger partial charge is 0.251 e. The van der Waals surface area contributed by atoms with Crippen molar-refractivity contribution in [2.24, 2.45) is 5.73 Å². The molecule has 1 aliphatic rings. The Balaban J connectivity index is 2.00. The highest BCUT2D eigenvalue weighted by atomic mass is 32.1. The third kappa shape index (κ3) is 2.39. The van der Waals surface area contributed by atoms with Crippen molar-refractivity contribution in [2.45, 2.75) is 25.8 Å². The van der Waals surface area contributed by atoms with E-state index in [0.29, 0.717) is 11.5 Å². The van der Waals surface area contributed by atoms with E-state index in [2.05, 4.69) is 0 Å². The van der Waals surface area contributed by atoms with E-state index in [1.807, 2.05) is 34.9 Å². The second-order valence-corrected chi connectivity index (χ2v) is 5.59. The van der Waals surface area contributed by atoms with Gasteiger partial charge in [-0.05, 0) is 36.5 Å². The highest BCUT2D eigenvalue weighted by molar-refractivity contribution is 7.80. The highest BCUT2D eigenvalue weighted by Gasteiger charge is 2.15. The summed E-state index contributed by atoms with van der Waals surface area (Å²) in [6.07, 6.45) is 3.19. The molecule has 3 nitrogen and oxygen atoms in total. The summed E-state index contributed by atoms with van der Waals surface area (Å²) in [7, 11) is 0. The Morgan fingerprint density at radius 2 is 2.10 bits per heavy atom. The summed E-state index contributed by atoms with van der Waals surface area (Å²) < 4.78 is 1.88. The van der Waals surface area contributed by atoms with Crippen LogP contribution in [0, 0.1) is 0 Å². The number of hydrogen-bond donors (Lipinski definition) is 1. The van der Waals surface area contributed by atoms with Gasteiger partial charge in [0.2, 0.25) is 0 Å². The quantitative estimate of drug-likeness (QED) is 0.877. The van der Waals surface area contributed by atoms with Gasteiger partial charge >= 0.3 is 0 Å². The fourth-order valence-electron chi connectivity index (χ4n) is 2.81. The van der Waals surface area contributed by atoms with E-state index < -0.39 is 0 Å². The Labute approximate surface area is 123 Å². The van der Waals surface area contributed by atoms with Crippen molar-refractivity contribution >= 4 is 17.2 Å². The first-order chi connectivity index (χ1) is 9.65. The van der Waals surface area contributed by atoms with E-state index in [-0.39, 0.29) is 5.56 Å². The first-order valence-electron chi connectivity index (χ1n) is 6.75. The van der Waals surface area contributed by atoms with Crippen LogP contribution in [0.2, 0.25) is 0 Å². The number of hydrogen-bond acceptors (Lipinski definition) is 2. The minimum atomic E-state index is 0.0615. The topological polar surface area (TPSA) is 48.0 Å². The lowest BCUT2D eigenvalue weighted by Crippen LogP contribution is -2.23. The van der Waals surface area contributed by atoms with Crippen molar-refractivity contribution in [3.63, 3.8) is 0 Å². The van der Waals surface area contributed by atoms with Crippen molar-refractivity contribution in [3.8, 4) is 0 Å². The normalized spacial score (nSPS) is 13.2. The minimum Gasteiger partial charge on any atom is -0.389 e. The second-order valence-electron chi connectivity index (χ2n) is 5.15. The Morgan fingerprint density at radius 1 is 1.25 bits per heavy atom. The summed E-state index contributed by atoms with van der Waals surface area (Å²) in [6.45, 7) is 0.582. The van der Waals surface area contributed by atoms with Crippen molar-refractivity contribution in [1.29, 1.82) is 0 Å². The average Bonchev–Trinajstić information content (AvgIpc) is 2.91. The van der Waals surface area contributed by atoms with E-state index in [9.17, 15) is 4.79 Å². The molecule has 1 heterocycles. The number of nitrogens with zero attached hydrogens (tertiary/aromatic N) is 1. The fraction of sp³-hybridized carbons (Fsp3) is 0.250. The van der Waals surface area contributed by atoms with Gasteiger partial charge in [-0.3, -0.25) is 4.79 Å². The molecule has 0 bridgehead atoms. The second kappa shape index (κ2) is 5.21. The Morgan fingerprint density at radius 3 is 2.90 bits per heavy atom. The zero-order valence-corrected chi connectivity index (χ0v) is 12.0. The molecular weight excluding hydrogens is 268 g/mol. The van der Waals surface area contributed by atoms with E-state index >= 15 is 0 Å². The molecule has 0 aliphatic heterocycles. The van der Waals surface area contributed by atoms with Gasteiger partial charge in [-0.1, -0.05) is 36.5 Å². The van der Waals surface area contributed by atoms with Crippen molar-refractivity contribution < 1.29 is 0 Å². The number of aryl methyl sites for hydroxylation is 1.